The number of benzene rings is 2. The van der Waals surface area contributed by atoms with E-state index in [1.54, 1.807) is 0 Å². The molecule has 29 heavy (non-hydrogen) atoms. The number of hydrogen-bond acceptors (Lipinski definition) is 4. The maximum absolute atomic E-state index is 12.9. The summed E-state index contributed by atoms with van der Waals surface area (Å²) in [5.74, 6) is 1.72. The molecule has 0 unspecified atom stereocenters. The molecule has 0 saturated carbocycles. The van der Waals surface area contributed by atoms with Gasteiger partial charge < -0.3 is 14.8 Å². The van der Waals surface area contributed by atoms with Gasteiger partial charge in [-0.3, -0.25) is 9.69 Å². The summed E-state index contributed by atoms with van der Waals surface area (Å²) in [4.78, 5) is 15.2. The lowest BCUT2D eigenvalue weighted by Crippen LogP contribution is -2.38. The highest BCUT2D eigenvalue weighted by molar-refractivity contribution is 5.78. The summed E-state index contributed by atoms with van der Waals surface area (Å²) in [5.41, 5.74) is 2.38. The van der Waals surface area contributed by atoms with E-state index in [1.165, 1.54) is 11.1 Å². The maximum atomic E-state index is 12.9. The topological polar surface area (TPSA) is 50.8 Å². The third-order valence-electron chi connectivity index (χ3n) is 5.78. The van der Waals surface area contributed by atoms with E-state index < -0.39 is 0 Å². The van der Waals surface area contributed by atoms with Crippen LogP contribution in [0.15, 0.2) is 48.5 Å². The predicted molar refractivity (Wildman–Crippen MR) is 113 cm³/mol. The Balaban J connectivity index is 1.42. The van der Waals surface area contributed by atoms with Crippen molar-refractivity contribution < 1.29 is 14.3 Å². The SMILES string of the molecule is CCC[C@H](NC(=O)CN1CCC[C@H]1c1ccc2c(c1)OCCO2)c1ccccc1. The Morgan fingerprint density at radius 2 is 1.93 bits per heavy atom. The van der Waals surface area contributed by atoms with Crippen LogP contribution in [0.5, 0.6) is 11.5 Å². The second kappa shape index (κ2) is 9.31. The van der Waals surface area contributed by atoms with Crippen molar-refractivity contribution >= 4 is 5.91 Å². The molecule has 2 aromatic rings. The van der Waals surface area contributed by atoms with E-state index in [4.69, 9.17) is 9.47 Å². The van der Waals surface area contributed by atoms with Crippen molar-refractivity contribution in [2.75, 3.05) is 26.3 Å². The van der Waals surface area contributed by atoms with Crippen molar-refractivity contribution in [1.29, 1.82) is 0 Å². The van der Waals surface area contributed by atoms with E-state index >= 15 is 0 Å². The molecule has 4 rings (SSSR count). The van der Waals surface area contributed by atoms with Crippen molar-refractivity contribution in [3.05, 3.63) is 59.7 Å². The average Bonchev–Trinajstić information content (AvgIpc) is 3.21. The first-order valence-electron chi connectivity index (χ1n) is 10.7. The van der Waals surface area contributed by atoms with Crippen molar-refractivity contribution in [2.24, 2.45) is 0 Å². The van der Waals surface area contributed by atoms with E-state index in [2.05, 4.69) is 41.4 Å². The highest BCUT2D eigenvalue weighted by Gasteiger charge is 2.29. The van der Waals surface area contributed by atoms with Gasteiger partial charge in [-0.1, -0.05) is 49.7 Å². The number of nitrogens with one attached hydrogen (secondary N) is 1. The molecular weight excluding hydrogens is 364 g/mol. The number of rotatable bonds is 7. The van der Waals surface area contributed by atoms with Crippen molar-refractivity contribution in [1.82, 2.24) is 10.2 Å². The second-order valence-electron chi connectivity index (χ2n) is 7.85. The normalized spacial score (nSPS) is 19.7. The molecule has 2 atom stereocenters. The summed E-state index contributed by atoms with van der Waals surface area (Å²) in [7, 11) is 0. The predicted octanol–water partition coefficient (Wildman–Crippen LogP) is 4.25. The van der Waals surface area contributed by atoms with Crippen molar-refractivity contribution in [3.63, 3.8) is 0 Å². The highest BCUT2D eigenvalue weighted by Crippen LogP contribution is 2.37. The van der Waals surface area contributed by atoms with Gasteiger partial charge >= 0.3 is 0 Å². The van der Waals surface area contributed by atoms with Gasteiger partial charge in [0.25, 0.3) is 0 Å². The largest absolute Gasteiger partial charge is 0.486 e. The molecule has 1 amide bonds. The molecule has 2 aliphatic heterocycles. The minimum Gasteiger partial charge on any atom is -0.486 e. The number of likely N-dealkylation sites (tertiary alicyclic amines) is 1. The maximum Gasteiger partial charge on any atom is 0.234 e. The van der Waals surface area contributed by atoms with Crippen molar-refractivity contribution in [2.45, 2.75) is 44.7 Å². The van der Waals surface area contributed by atoms with Crippen molar-refractivity contribution in [3.8, 4) is 11.5 Å². The average molecular weight is 395 g/mol. The molecule has 5 nitrogen and oxygen atoms in total. The van der Waals surface area contributed by atoms with Gasteiger partial charge in [-0.05, 0) is 49.1 Å². The molecule has 154 valence electrons. The van der Waals surface area contributed by atoms with Crippen LogP contribution in [0.3, 0.4) is 0 Å². The zero-order valence-corrected chi connectivity index (χ0v) is 17.1. The van der Waals surface area contributed by atoms with Crippen LogP contribution in [-0.2, 0) is 4.79 Å². The van der Waals surface area contributed by atoms with Gasteiger partial charge in [0.15, 0.2) is 11.5 Å². The second-order valence-corrected chi connectivity index (χ2v) is 7.85. The van der Waals surface area contributed by atoms with Crippen LogP contribution in [0, 0.1) is 0 Å². The Morgan fingerprint density at radius 1 is 1.14 bits per heavy atom. The number of ether oxygens (including phenoxy) is 2. The van der Waals surface area contributed by atoms with Crippen LogP contribution in [-0.4, -0.2) is 37.1 Å². The number of amides is 1. The summed E-state index contributed by atoms with van der Waals surface area (Å²) in [5, 5.41) is 3.26. The Labute approximate surface area is 173 Å². The van der Waals surface area contributed by atoms with Crippen LogP contribution >= 0.6 is 0 Å². The first-order chi connectivity index (χ1) is 14.2. The molecule has 2 aliphatic rings. The van der Waals surface area contributed by atoms with E-state index in [0.717, 1.165) is 43.7 Å². The van der Waals surface area contributed by atoms with E-state index in [1.807, 2.05) is 24.3 Å². The molecular formula is C24H30N2O3. The Bertz CT molecular complexity index is 824. The number of hydrogen-bond donors (Lipinski definition) is 1. The molecule has 5 heteroatoms. The number of carbonyl (C=O) groups excluding carboxylic acids is 1. The summed E-state index contributed by atoms with van der Waals surface area (Å²) < 4.78 is 11.4. The van der Waals surface area contributed by atoms with E-state index in [-0.39, 0.29) is 18.0 Å². The summed E-state index contributed by atoms with van der Waals surface area (Å²) >= 11 is 0. The smallest absolute Gasteiger partial charge is 0.234 e. The van der Waals surface area contributed by atoms with Gasteiger partial charge in [-0.25, -0.2) is 0 Å². The third kappa shape index (κ3) is 4.73. The number of nitrogens with zero attached hydrogens (tertiary/aromatic N) is 1. The quantitative estimate of drug-likeness (QED) is 0.763. The van der Waals surface area contributed by atoms with Gasteiger partial charge in [-0.15, -0.1) is 0 Å². The highest BCUT2D eigenvalue weighted by atomic mass is 16.6. The van der Waals surface area contributed by atoms with E-state index in [9.17, 15) is 4.79 Å². The minimum atomic E-state index is 0.0732. The lowest BCUT2D eigenvalue weighted by molar-refractivity contribution is -0.123. The fourth-order valence-electron chi connectivity index (χ4n) is 4.38. The molecule has 1 fully saturated rings. The molecule has 0 spiro atoms. The summed E-state index contributed by atoms with van der Waals surface area (Å²) in [6, 6.07) is 16.8. The molecule has 0 aliphatic carbocycles. The number of fused-ring (bicyclic) bond motifs is 1. The lowest BCUT2D eigenvalue weighted by atomic mass is 10.0. The fourth-order valence-corrected chi connectivity index (χ4v) is 4.38. The monoisotopic (exact) mass is 394 g/mol. The number of carbonyl (C=O) groups is 1. The van der Waals surface area contributed by atoms with Crippen LogP contribution in [0.2, 0.25) is 0 Å². The Kier molecular flexibility index (Phi) is 6.35. The lowest BCUT2D eigenvalue weighted by Gasteiger charge is -2.27. The van der Waals surface area contributed by atoms with E-state index in [0.29, 0.717) is 19.8 Å². The third-order valence-corrected chi connectivity index (χ3v) is 5.78. The van der Waals surface area contributed by atoms with Gasteiger partial charge in [0.2, 0.25) is 5.91 Å². The first-order valence-corrected chi connectivity index (χ1v) is 10.7. The zero-order valence-electron chi connectivity index (χ0n) is 17.1. The fraction of sp³-hybridized carbons (Fsp3) is 0.458. The minimum absolute atomic E-state index is 0.0732. The van der Waals surface area contributed by atoms with Crippen LogP contribution in [0.1, 0.15) is 55.8 Å². The first kappa shape index (κ1) is 19.8. The molecule has 2 heterocycles. The van der Waals surface area contributed by atoms with Gasteiger partial charge in [0, 0.05) is 6.04 Å². The molecule has 0 radical (unpaired) electrons. The van der Waals surface area contributed by atoms with Gasteiger partial charge in [0.05, 0.1) is 12.6 Å². The summed E-state index contributed by atoms with van der Waals surface area (Å²) in [6.07, 6.45) is 4.14. The molecule has 0 aromatic heterocycles. The molecule has 1 saturated heterocycles. The van der Waals surface area contributed by atoms with Gasteiger partial charge in [-0.2, -0.15) is 0 Å². The molecule has 0 bridgehead atoms. The zero-order chi connectivity index (χ0) is 20.1. The van der Waals surface area contributed by atoms with Crippen LogP contribution < -0.4 is 14.8 Å². The summed E-state index contributed by atoms with van der Waals surface area (Å²) in [6.45, 7) is 4.71. The van der Waals surface area contributed by atoms with Gasteiger partial charge in [0.1, 0.15) is 13.2 Å². The Hall–Kier alpha value is -2.53. The van der Waals surface area contributed by atoms with Crippen LogP contribution in [0.4, 0.5) is 0 Å². The van der Waals surface area contributed by atoms with Crippen LogP contribution in [0.25, 0.3) is 0 Å². The standard InChI is InChI=1S/C24H30N2O3/c1-2-7-20(18-8-4-3-5-9-18)25-24(27)17-26-13-6-10-21(26)19-11-12-22-23(16-19)29-15-14-28-22/h3-5,8-9,11-12,16,20-21H,2,6-7,10,13-15,17H2,1H3,(H,25,27)/t20-,21-/m0/s1. The Morgan fingerprint density at radius 3 is 2.72 bits per heavy atom. The molecule has 1 N–H and O–H groups in total. The molecule has 2 aromatic carbocycles.